The molecule has 0 aliphatic heterocycles. The number of thiophene rings is 1. The summed E-state index contributed by atoms with van der Waals surface area (Å²) in [5.74, 6) is -2.21. The van der Waals surface area contributed by atoms with E-state index in [2.05, 4.69) is 10.6 Å². The monoisotopic (exact) mass is 458 g/mol. The van der Waals surface area contributed by atoms with Crippen LogP contribution in [0.15, 0.2) is 48.5 Å². The van der Waals surface area contributed by atoms with Gasteiger partial charge in [0.1, 0.15) is 11.2 Å². The van der Waals surface area contributed by atoms with E-state index in [-0.39, 0.29) is 5.91 Å². The van der Waals surface area contributed by atoms with Crippen LogP contribution in [0.2, 0.25) is 5.02 Å². The lowest BCUT2D eigenvalue weighted by molar-refractivity contribution is -0.146. The molecule has 4 N–H and O–H groups in total. The Hall–Kier alpha value is -2.61. The number of hydrogen-bond donors (Lipinski definition) is 4. The van der Waals surface area contributed by atoms with Gasteiger partial charge in [-0.3, -0.25) is 9.59 Å². The van der Waals surface area contributed by atoms with E-state index in [4.69, 9.17) is 11.6 Å². The van der Waals surface area contributed by atoms with Gasteiger partial charge in [0.25, 0.3) is 5.91 Å². The fourth-order valence-corrected chi connectivity index (χ4v) is 5.44. The molecule has 1 aliphatic rings. The second-order valence-electron chi connectivity index (χ2n) is 7.75. The summed E-state index contributed by atoms with van der Waals surface area (Å²) >= 11 is 7.29. The molecule has 0 saturated heterocycles. The molecule has 1 aliphatic carbocycles. The Labute approximate surface area is 188 Å². The molecule has 0 bridgehead atoms. The summed E-state index contributed by atoms with van der Waals surface area (Å²) in [5.41, 5.74) is 1.03. The second-order valence-corrected chi connectivity index (χ2v) is 9.23. The van der Waals surface area contributed by atoms with Gasteiger partial charge in [0.15, 0.2) is 0 Å². The van der Waals surface area contributed by atoms with Gasteiger partial charge in [-0.1, -0.05) is 42.6 Å². The number of nitrogens with one attached hydrogen (secondary N) is 2. The number of aliphatic hydroxyl groups is 1. The number of rotatable bonds is 6. The quantitative estimate of drug-likeness (QED) is 0.369. The summed E-state index contributed by atoms with van der Waals surface area (Å²) in [5, 5.41) is 28.2. The third-order valence-corrected chi connectivity index (χ3v) is 7.10. The Morgan fingerprint density at radius 3 is 2.52 bits per heavy atom. The number of carboxylic acid groups (broad SMARTS) is 1. The summed E-state index contributed by atoms with van der Waals surface area (Å²) < 4.78 is 0.900. The smallest absolute Gasteiger partial charge is 0.306 e. The van der Waals surface area contributed by atoms with Crippen LogP contribution in [0, 0.1) is 11.8 Å². The number of fused-ring (bicyclic) bond motifs is 1. The lowest BCUT2D eigenvalue weighted by Gasteiger charge is -2.32. The molecule has 162 valence electrons. The van der Waals surface area contributed by atoms with Gasteiger partial charge in [0.2, 0.25) is 0 Å². The van der Waals surface area contributed by atoms with Crippen molar-refractivity contribution in [3.63, 3.8) is 0 Å². The van der Waals surface area contributed by atoms with E-state index in [0.717, 1.165) is 22.9 Å². The van der Waals surface area contributed by atoms with Crippen LogP contribution in [0.25, 0.3) is 10.1 Å². The Morgan fingerprint density at radius 1 is 1.06 bits per heavy atom. The minimum Gasteiger partial charge on any atom is -0.481 e. The number of halogens is 1. The van der Waals surface area contributed by atoms with Crippen LogP contribution in [0.1, 0.15) is 36.0 Å². The highest BCUT2D eigenvalue weighted by Gasteiger charge is 2.36. The van der Waals surface area contributed by atoms with Crippen molar-refractivity contribution in [1.82, 2.24) is 0 Å². The van der Waals surface area contributed by atoms with E-state index in [0.29, 0.717) is 34.1 Å². The van der Waals surface area contributed by atoms with Crippen LogP contribution in [0.5, 0.6) is 0 Å². The van der Waals surface area contributed by atoms with Crippen LogP contribution in [-0.4, -0.2) is 28.3 Å². The number of anilines is 2. The average molecular weight is 459 g/mol. The highest BCUT2D eigenvalue weighted by molar-refractivity contribution is 7.23. The van der Waals surface area contributed by atoms with Crippen molar-refractivity contribution in [2.24, 2.45) is 11.8 Å². The Balaban J connectivity index is 1.63. The Kier molecular flexibility index (Phi) is 6.46. The van der Waals surface area contributed by atoms with E-state index in [1.54, 1.807) is 24.3 Å². The van der Waals surface area contributed by atoms with Gasteiger partial charge in [0.05, 0.1) is 11.5 Å². The van der Waals surface area contributed by atoms with Crippen molar-refractivity contribution in [3.05, 3.63) is 59.1 Å². The fraction of sp³-hybridized carbons (Fsp3) is 0.304. The number of amides is 1. The maximum Gasteiger partial charge on any atom is 0.306 e. The van der Waals surface area contributed by atoms with Gasteiger partial charge in [-0.05, 0) is 43.2 Å². The minimum atomic E-state index is -1.06. The minimum absolute atomic E-state index is 0.312. The van der Waals surface area contributed by atoms with E-state index in [1.807, 2.05) is 24.3 Å². The van der Waals surface area contributed by atoms with Crippen LogP contribution in [0.3, 0.4) is 0 Å². The first-order chi connectivity index (χ1) is 14.9. The van der Waals surface area contributed by atoms with Crippen molar-refractivity contribution < 1.29 is 19.8 Å². The molecule has 1 amide bonds. The van der Waals surface area contributed by atoms with Gasteiger partial charge in [0, 0.05) is 26.7 Å². The van der Waals surface area contributed by atoms with Gasteiger partial charge in [-0.15, -0.1) is 11.3 Å². The van der Waals surface area contributed by atoms with E-state index >= 15 is 0 Å². The number of hydrogen-bond acceptors (Lipinski definition) is 5. The van der Waals surface area contributed by atoms with Crippen molar-refractivity contribution in [3.8, 4) is 0 Å². The molecule has 0 spiro atoms. The zero-order chi connectivity index (χ0) is 22.0. The number of aliphatic carboxylic acids is 1. The SMILES string of the molecule is O=C(Nc1ccc(Cl)cc1)c1c(NC(O)C2CCCCC2C(=O)O)sc2ccccc12. The molecule has 1 fully saturated rings. The molecule has 1 saturated carbocycles. The van der Waals surface area contributed by atoms with Gasteiger partial charge in [-0.2, -0.15) is 0 Å². The predicted molar refractivity (Wildman–Crippen MR) is 124 cm³/mol. The highest BCUT2D eigenvalue weighted by atomic mass is 35.5. The number of aliphatic hydroxyl groups excluding tert-OH is 1. The normalized spacial score (nSPS) is 19.7. The Bertz CT molecular complexity index is 1100. The topological polar surface area (TPSA) is 98.7 Å². The molecule has 4 rings (SSSR count). The van der Waals surface area contributed by atoms with E-state index < -0.39 is 24.0 Å². The molecule has 3 unspecified atom stereocenters. The van der Waals surface area contributed by atoms with Crippen LogP contribution < -0.4 is 10.6 Å². The van der Waals surface area contributed by atoms with Crippen molar-refractivity contribution in [2.45, 2.75) is 31.9 Å². The van der Waals surface area contributed by atoms with Gasteiger partial charge < -0.3 is 20.8 Å². The van der Waals surface area contributed by atoms with E-state index in [1.165, 1.54) is 11.3 Å². The van der Waals surface area contributed by atoms with Crippen LogP contribution in [-0.2, 0) is 4.79 Å². The first kappa shape index (κ1) is 21.6. The average Bonchev–Trinajstić information content (AvgIpc) is 3.13. The maximum absolute atomic E-state index is 13.2. The fourth-order valence-electron chi connectivity index (χ4n) is 4.18. The van der Waals surface area contributed by atoms with Crippen molar-refractivity contribution in [2.75, 3.05) is 10.6 Å². The van der Waals surface area contributed by atoms with Gasteiger partial charge in [-0.25, -0.2) is 0 Å². The second kappa shape index (κ2) is 9.26. The molecule has 31 heavy (non-hydrogen) atoms. The molecular formula is C23H23ClN2O4S. The molecule has 3 aromatic rings. The zero-order valence-electron chi connectivity index (χ0n) is 16.7. The molecule has 1 heterocycles. The summed E-state index contributed by atoms with van der Waals surface area (Å²) in [7, 11) is 0. The molecule has 1 aromatic heterocycles. The number of benzene rings is 2. The standard InChI is InChI=1S/C23H23ClN2O4S/c24-13-9-11-14(12-10-13)25-21(28)19-17-7-3-4-8-18(17)31-22(19)26-20(27)15-5-1-2-6-16(15)23(29)30/h3-4,7-12,15-16,20,26-27H,1-2,5-6H2,(H,25,28)(H,29,30). The lowest BCUT2D eigenvalue weighted by atomic mass is 9.78. The molecule has 2 aromatic carbocycles. The highest BCUT2D eigenvalue weighted by Crippen LogP contribution is 2.39. The Morgan fingerprint density at radius 2 is 1.77 bits per heavy atom. The summed E-state index contributed by atoms with van der Waals surface area (Å²) in [6.07, 6.45) is 1.84. The van der Waals surface area contributed by atoms with Crippen LogP contribution >= 0.6 is 22.9 Å². The number of carboxylic acids is 1. The molecule has 8 heteroatoms. The lowest BCUT2D eigenvalue weighted by Crippen LogP contribution is -2.39. The molecular weight excluding hydrogens is 436 g/mol. The first-order valence-corrected chi connectivity index (χ1v) is 11.4. The molecule has 0 radical (unpaired) electrons. The zero-order valence-corrected chi connectivity index (χ0v) is 18.2. The largest absolute Gasteiger partial charge is 0.481 e. The third-order valence-electron chi connectivity index (χ3n) is 5.75. The van der Waals surface area contributed by atoms with Gasteiger partial charge >= 0.3 is 5.97 Å². The molecule has 6 nitrogen and oxygen atoms in total. The van der Waals surface area contributed by atoms with Crippen molar-refractivity contribution in [1.29, 1.82) is 0 Å². The maximum atomic E-state index is 13.2. The molecule has 3 atom stereocenters. The number of carbonyl (C=O) groups excluding carboxylic acids is 1. The summed E-state index contributed by atoms with van der Waals surface area (Å²) in [6.45, 7) is 0. The summed E-state index contributed by atoms with van der Waals surface area (Å²) in [4.78, 5) is 24.8. The third kappa shape index (κ3) is 4.69. The summed E-state index contributed by atoms with van der Waals surface area (Å²) in [6, 6.07) is 14.4. The van der Waals surface area contributed by atoms with E-state index in [9.17, 15) is 19.8 Å². The van der Waals surface area contributed by atoms with Crippen molar-refractivity contribution >= 4 is 55.6 Å². The first-order valence-electron chi connectivity index (χ1n) is 10.2. The van der Waals surface area contributed by atoms with Crippen LogP contribution in [0.4, 0.5) is 10.7 Å². The number of carbonyl (C=O) groups is 2. The predicted octanol–water partition coefficient (Wildman–Crippen LogP) is 5.43.